The lowest BCUT2D eigenvalue weighted by Crippen LogP contribution is -2.45. The number of nitrogens with one attached hydrogen (secondary N) is 1. The van der Waals surface area contributed by atoms with Crippen molar-refractivity contribution in [3.63, 3.8) is 0 Å². The van der Waals surface area contributed by atoms with Crippen molar-refractivity contribution in [1.29, 1.82) is 0 Å². The fourth-order valence-corrected chi connectivity index (χ4v) is 3.81. The fraction of sp³-hybridized carbons (Fsp3) is 0.545. The summed E-state index contributed by atoms with van der Waals surface area (Å²) in [4.78, 5) is 4.07. The second-order valence-electron chi connectivity index (χ2n) is 4.94. The van der Waals surface area contributed by atoms with Crippen LogP contribution in [0.3, 0.4) is 0 Å². The topological polar surface area (TPSA) is 59.1 Å². The van der Waals surface area contributed by atoms with E-state index in [1.807, 2.05) is 13.8 Å². The van der Waals surface area contributed by atoms with Crippen LogP contribution in [0.2, 0.25) is 0 Å². The summed E-state index contributed by atoms with van der Waals surface area (Å²) in [5, 5.41) is 0. The first-order valence-corrected chi connectivity index (χ1v) is 7.73. The van der Waals surface area contributed by atoms with Crippen molar-refractivity contribution in [3.8, 4) is 0 Å². The number of aromatic nitrogens is 1. The SMILES string of the molecule is CC(C)(NS(=O)(=O)c1cncc(Br)c1)C1CC1. The molecule has 1 aromatic heterocycles. The molecule has 0 amide bonds. The summed E-state index contributed by atoms with van der Waals surface area (Å²) >= 11 is 3.22. The number of nitrogens with zero attached hydrogens (tertiary/aromatic N) is 1. The van der Waals surface area contributed by atoms with Gasteiger partial charge in [0, 0.05) is 22.4 Å². The number of halogens is 1. The van der Waals surface area contributed by atoms with Gasteiger partial charge < -0.3 is 0 Å². The van der Waals surface area contributed by atoms with E-state index < -0.39 is 10.0 Å². The Labute approximate surface area is 110 Å². The van der Waals surface area contributed by atoms with Crippen LogP contribution in [-0.2, 0) is 10.0 Å². The van der Waals surface area contributed by atoms with Crippen LogP contribution in [0.5, 0.6) is 0 Å². The quantitative estimate of drug-likeness (QED) is 0.926. The van der Waals surface area contributed by atoms with E-state index in [2.05, 4.69) is 25.6 Å². The summed E-state index contributed by atoms with van der Waals surface area (Å²) in [6.45, 7) is 3.85. The van der Waals surface area contributed by atoms with Gasteiger partial charge in [-0.2, -0.15) is 0 Å². The lowest BCUT2D eigenvalue weighted by Gasteiger charge is -2.25. The summed E-state index contributed by atoms with van der Waals surface area (Å²) in [7, 11) is -3.49. The maximum Gasteiger partial charge on any atom is 0.242 e. The summed E-state index contributed by atoms with van der Waals surface area (Å²) < 4.78 is 27.7. The Morgan fingerprint density at radius 2 is 2.06 bits per heavy atom. The Morgan fingerprint density at radius 3 is 2.59 bits per heavy atom. The number of hydrogen-bond acceptors (Lipinski definition) is 3. The first-order chi connectivity index (χ1) is 7.81. The highest BCUT2D eigenvalue weighted by Gasteiger charge is 2.40. The molecule has 94 valence electrons. The Balaban J connectivity index is 2.24. The van der Waals surface area contributed by atoms with Crippen LogP contribution in [0.4, 0.5) is 0 Å². The molecule has 2 rings (SSSR count). The van der Waals surface area contributed by atoms with Gasteiger partial charge in [-0.3, -0.25) is 4.98 Å². The van der Waals surface area contributed by atoms with Crippen molar-refractivity contribution >= 4 is 26.0 Å². The highest BCUT2D eigenvalue weighted by atomic mass is 79.9. The smallest absolute Gasteiger partial charge is 0.242 e. The summed E-state index contributed by atoms with van der Waals surface area (Å²) in [5.74, 6) is 0.442. The lowest BCUT2D eigenvalue weighted by atomic mass is 10.0. The molecule has 1 heterocycles. The number of pyridine rings is 1. The molecule has 0 unspecified atom stereocenters. The average molecular weight is 319 g/mol. The van der Waals surface area contributed by atoms with Gasteiger partial charge in [-0.05, 0) is 54.6 Å². The standard InChI is InChI=1S/C11H15BrN2O2S/c1-11(2,8-3-4-8)14-17(15,16)10-5-9(12)6-13-7-10/h5-8,14H,3-4H2,1-2H3. The molecule has 0 bridgehead atoms. The Kier molecular flexibility index (Phi) is 3.31. The van der Waals surface area contributed by atoms with Crippen molar-refractivity contribution in [2.45, 2.75) is 37.1 Å². The van der Waals surface area contributed by atoms with E-state index in [0.29, 0.717) is 10.4 Å². The third kappa shape index (κ3) is 3.05. The lowest BCUT2D eigenvalue weighted by molar-refractivity contribution is 0.400. The predicted octanol–water partition coefficient (Wildman–Crippen LogP) is 2.31. The number of sulfonamides is 1. The molecule has 1 saturated carbocycles. The third-order valence-electron chi connectivity index (χ3n) is 2.99. The van der Waals surface area contributed by atoms with E-state index in [1.165, 1.54) is 6.20 Å². The van der Waals surface area contributed by atoms with Gasteiger partial charge in [0.05, 0.1) is 0 Å². The maximum absolute atomic E-state index is 12.2. The maximum atomic E-state index is 12.2. The highest BCUT2D eigenvalue weighted by Crippen LogP contribution is 2.39. The number of rotatable bonds is 4. The van der Waals surface area contributed by atoms with Crippen LogP contribution in [0, 0.1) is 5.92 Å². The van der Waals surface area contributed by atoms with Gasteiger partial charge in [0.2, 0.25) is 10.0 Å². The van der Waals surface area contributed by atoms with Gasteiger partial charge in [0.25, 0.3) is 0 Å². The van der Waals surface area contributed by atoms with Gasteiger partial charge in [-0.25, -0.2) is 13.1 Å². The van der Waals surface area contributed by atoms with Crippen molar-refractivity contribution in [2.24, 2.45) is 5.92 Å². The minimum atomic E-state index is -3.49. The van der Waals surface area contributed by atoms with Crippen LogP contribution in [0.1, 0.15) is 26.7 Å². The van der Waals surface area contributed by atoms with Crippen LogP contribution in [0.15, 0.2) is 27.8 Å². The fourth-order valence-electron chi connectivity index (χ4n) is 1.83. The second kappa shape index (κ2) is 4.33. The zero-order valence-electron chi connectivity index (χ0n) is 9.77. The third-order valence-corrected chi connectivity index (χ3v) is 5.06. The van der Waals surface area contributed by atoms with Crippen LogP contribution < -0.4 is 4.72 Å². The van der Waals surface area contributed by atoms with Gasteiger partial charge in [0.15, 0.2) is 0 Å². The Bertz CT molecular complexity index is 524. The second-order valence-corrected chi connectivity index (χ2v) is 7.54. The molecule has 1 aliphatic rings. The van der Waals surface area contributed by atoms with Crippen molar-refractivity contribution in [3.05, 3.63) is 22.9 Å². The molecule has 0 aliphatic heterocycles. The molecule has 6 heteroatoms. The molecule has 0 atom stereocenters. The molecule has 17 heavy (non-hydrogen) atoms. The van der Waals surface area contributed by atoms with E-state index in [-0.39, 0.29) is 10.4 Å². The van der Waals surface area contributed by atoms with Crippen molar-refractivity contribution in [2.75, 3.05) is 0 Å². The molecule has 1 N–H and O–H groups in total. The first-order valence-electron chi connectivity index (χ1n) is 5.46. The molecule has 1 aromatic rings. The minimum Gasteiger partial charge on any atom is -0.262 e. The molecule has 1 aliphatic carbocycles. The van der Waals surface area contributed by atoms with E-state index >= 15 is 0 Å². The average Bonchev–Trinajstić information content (AvgIpc) is 2.99. The molecular formula is C11H15BrN2O2S. The molecule has 0 radical (unpaired) electrons. The zero-order chi connectivity index (χ0) is 12.7. The van der Waals surface area contributed by atoms with Gasteiger partial charge >= 0.3 is 0 Å². The van der Waals surface area contributed by atoms with Crippen LogP contribution in [0.25, 0.3) is 0 Å². The number of hydrogen-bond donors (Lipinski definition) is 1. The summed E-state index contributed by atoms with van der Waals surface area (Å²) in [6.07, 6.45) is 5.10. The van der Waals surface area contributed by atoms with Gasteiger partial charge in [-0.1, -0.05) is 0 Å². The normalized spacial score (nSPS) is 17.1. The summed E-state index contributed by atoms with van der Waals surface area (Å²) in [5.41, 5.74) is -0.388. The van der Waals surface area contributed by atoms with E-state index in [9.17, 15) is 8.42 Å². The Morgan fingerprint density at radius 1 is 1.41 bits per heavy atom. The van der Waals surface area contributed by atoms with E-state index in [0.717, 1.165) is 12.8 Å². The highest BCUT2D eigenvalue weighted by molar-refractivity contribution is 9.10. The van der Waals surface area contributed by atoms with Gasteiger partial charge in [0.1, 0.15) is 4.90 Å². The molecular weight excluding hydrogens is 304 g/mol. The predicted molar refractivity (Wildman–Crippen MR) is 69.1 cm³/mol. The molecule has 4 nitrogen and oxygen atoms in total. The van der Waals surface area contributed by atoms with Gasteiger partial charge in [-0.15, -0.1) is 0 Å². The molecule has 0 saturated heterocycles. The van der Waals surface area contributed by atoms with Crippen LogP contribution in [-0.4, -0.2) is 18.9 Å². The Hall–Kier alpha value is -0.460. The van der Waals surface area contributed by atoms with Crippen molar-refractivity contribution in [1.82, 2.24) is 9.71 Å². The summed E-state index contributed by atoms with van der Waals surface area (Å²) in [6, 6.07) is 1.55. The monoisotopic (exact) mass is 318 g/mol. The van der Waals surface area contributed by atoms with Crippen molar-refractivity contribution < 1.29 is 8.42 Å². The van der Waals surface area contributed by atoms with E-state index in [4.69, 9.17) is 0 Å². The zero-order valence-corrected chi connectivity index (χ0v) is 12.2. The molecule has 0 aromatic carbocycles. The minimum absolute atomic E-state index is 0.195. The van der Waals surface area contributed by atoms with Crippen LogP contribution >= 0.6 is 15.9 Å². The molecule has 1 fully saturated rings. The van der Waals surface area contributed by atoms with E-state index in [1.54, 1.807) is 12.3 Å². The largest absolute Gasteiger partial charge is 0.262 e. The molecule has 0 spiro atoms. The first kappa shape index (κ1) is 13.0.